The lowest BCUT2D eigenvalue weighted by Crippen LogP contribution is -2.48. The predicted octanol–water partition coefficient (Wildman–Crippen LogP) is 3.90. The van der Waals surface area contributed by atoms with Crippen LogP contribution in [0.2, 0.25) is 0 Å². The highest BCUT2D eigenvalue weighted by Gasteiger charge is 2.31. The molecule has 4 rings (SSSR count). The van der Waals surface area contributed by atoms with Gasteiger partial charge in [-0.3, -0.25) is 4.90 Å². The van der Waals surface area contributed by atoms with Crippen LogP contribution in [0, 0.1) is 20.8 Å². The van der Waals surface area contributed by atoms with Gasteiger partial charge in [0.1, 0.15) is 5.76 Å². The van der Waals surface area contributed by atoms with Crippen molar-refractivity contribution in [3.05, 3.63) is 44.8 Å². The van der Waals surface area contributed by atoms with Gasteiger partial charge in [-0.1, -0.05) is 6.07 Å². The van der Waals surface area contributed by atoms with Gasteiger partial charge in [-0.15, -0.1) is 22.7 Å². The maximum atomic E-state index is 13.0. The van der Waals surface area contributed by atoms with Crippen molar-refractivity contribution in [1.29, 1.82) is 0 Å². The van der Waals surface area contributed by atoms with Crippen molar-refractivity contribution >= 4 is 32.7 Å². The summed E-state index contributed by atoms with van der Waals surface area (Å²) in [7, 11) is -3.42. The molecule has 4 heterocycles. The van der Waals surface area contributed by atoms with Crippen molar-refractivity contribution in [3.63, 3.8) is 0 Å². The minimum atomic E-state index is -3.42. The normalized spacial score (nSPS) is 16.7. The zero-order valence-electron chi connectivity index (χ0n) is 16.1. The summed E-state index contributed by atoms with van der Waals surface area (Å²) in [6.45, 7) is 8.77. The smallest absolute Gasteiger partial charge is 0.244 e. The van der Waals surface area contributed by atoms with E-state index in [4.69, 9.17) is 4.42 Å². The summed E-state index contributed by atoms with van der Waals surface area (Å²) in [5.74, 6) is 1.48. The lowest BCUT2D eigenvalue weighted by Gasteiger charge is -2.33. The van der Waals surface area contributed by atoms with Crippen molar-refractivity contribution in [2.75, 3.05) is 26.2 Å². The molecule has 0 aromatic carbocycles. The second-order valence-corrected chi connectivity index (χ2v) is 11.3. The molecule has 3 aromatic heterocycles. The molecule has 0 spiro atoms. The van der Waals surface area contributed by atoms with Crippen molar-refractivity contribution < 1.29 is 12.8 Å². The van der Waals surface area contributed by atoms with Gasteiger partial charge in [0.15, 0.2) is 0 Å². The number of nitrogens with zero attached hydrogens (tertiary/aromatic N) is 3. The molecule has 1 aliphatic rings. The van der Waals surface area contributed by atoms with Gasteiger partial charge < -0.3 is 4.42 Å². The molecule has 3 aromatic rings. The first-order chi connectivity index (χ1) is 13.3. The monoisotopic (exact) mass is 437 g/mol. The Balaban J connectivity index is 1.42. The summed E-state index contributed by atoms with van der Waals surface area (Å²) in [5.41, 5.74) is 0.920. The Morgan fingerprint density at radius 1 is 1.18 bits per heavy atom. The van der Waals surface area contributed by atoms with Gasteiger partial charge in [0.05, 0.1) is 15.5 Å². The highest BCUT2D eigenvalue weighted by atomic mass is 32.2. The SMILES string of the molecule is Cc1cc(S(=O)(=O)N2CCN(Cc3nc(-c4cccs4)oc3C)CC2)c(C)s1. The number of sulfonamides is 1. The molecular weight excluding hydrogens is 414 g/mol. The number of rotatable bonds is 5. The topological polar surface area (TPSA) is 66.7 Å². The van der Waals surface area contributed by atoms with Crippen LogP contribution in [0.1, 0.15) is 21.2 Å². The second-order valence-electron chi connectivity index (χ2n) is 6.96. The van der Waals surface area contributed by atoms with E-state index in [9.17, 15) is 8.42 Å². The third kappa shape index (κ3) is 3.81. The number of hydrogen-bond acceptors (Lipinski definition) is 7. The Bertz CT molecular complexity index is 1060. The van der Waals surface area contributed by atoms with Gasteiger partial charge in [0.25, 0.3) is 0 Å². The molecule has 0 amide bonds. The zero-order chi connectivity index (χ0) is 19.9. The molecule has 0 radical (unpaired) electrons. The quantitative estimate of drug-likeness (QED) is 0.606. The molecule has 0 atom stereocenters. The molecule has 1 saturated heterocycles. The average Bonchev–Trinajstić information content (AvgIpc) is 3.37. The molecule has 6 nitrogen and oxygen atoms in total. The van der Waals surface area contributed by atoms with E-state index in [-0.39, 0.29) is 0 Å². The van der Waals surface area contributed by atoms with Crippen LogP contribution in [0.15, 0.2) is 32.9 Å². The van der Waals surface area contributed by atoms with E-state index in [1.54, 1.807) is 21.7 Å². The molecule has 0 bridgehead atoms. The average molecular weight is 438 g/mol. The van der Waals surface area contributed by atoms with E-state index in [0.29, 0.717) is 43.5 Å². The fourth-order valence-electron chi connectivity index (χ4n) is 3.42. The van der Waals surface area contributed by atoms with Crippen molar-refractivity contribution in [2.45, 2.75) is 32.2 Å². The summed E-state index contributed by atoms with van der Waals surface area (Å²) in [6, 6.07) is 5.76. The van der Waals surface area contributed by atoms with Gasteiger partial charge in [-0.05, 0) is 38.3 Å². The Hall–Kier alpha value is -1.52. The molecule has 150 valence electrons. The van der Waals surface area contributed by atoms with Gasteiger partial charge in [0, 0.05) is 42.5 Å². The van der Waals surface area contributed by atoms with Crippen LogP contribution in [0.25, 0.3) is 10.8 Å². The van der Waals surface area contributed by atoms with Crippen LogP contribution < -0.4 is 0 Å². The number of hydrogen-bond donors (Lipinski definition) is 0. The van der Waals surface area contributed by atoms with Gasteiger partial charge in [-0.2, -0.15) is 4.31 Å². The summed E-state index contributed by atoms with van der Waals surface area (Å²) >= 11 is 3.14. The van der Waals surface area contributed by atoms with E-state index in [0.717, 1.165) is 26.1 Å². The molecule has 0 N–H and O–H groups in total. The molecule has 28 heavy (non-hydrogen) atoms. The second kappa shape index (κ2) is 7.72. The summed E-state index contributed by atoms with van der Waals surface area (Å²) in [4.78, 5) is 10.2. The number of piperazine rings is 1. The summed E-state index contributed by atoms with van der Waals surface area (Å²) in [6.07, 6.45) is 0. The van der Waals surface area contributed by atoms with Crippen LogP contribution in [-0.4, -0.2) is 48.8 Å². The van der Waals surface area contributed by atoms with E-state index in [1.807, 2.05) is 38.3 Å². The van der Waals surface area contributed by atoms with Gasteiger partial charge in [-0.25, -0.2) is 13.4 Å². The van der Waals surface area contributed by atoms with Crippen LogP contribution in [0.4, 0.5) is 0 Å². The fraction of sp³-hybridized carbons (Fsp3) is 0.421. The Labute approximate surface area is 173 Å². The lowest BCUT2D eigenvalue weighted by atomic mass is 10.3. The van der Waals surface area contributed by atoms with Gasteiger partial charge >= 0.3 is 0 Å². The van der Waals surface area contributed by atoms with Gasteiger partial charge in [0.2, 0.25) is 15.9 Å². The molecule has 1 aliphatic heterocycles. The van der Waals surface area contributed by atoms with Crippen LogP contribution >= 0.6 is 22.7 Å². The summed E-state index contributed by atoms with van der Waals surface area (Å²) < 4.78 is 33.3. The Morgan fingerprint density at radius 2 is 1.93 bits per heavy atom. The number of oxazole rings is 1. The molecule has 9 heteroatoms. The molecule has 0 unspecified atom stereocenters. The number of thiophene rings is 2. The molecule has 0 saturated carbocycles. The van der Waals surface area contributed by atoms with E-state index < -0.39 is 10.0 Å². The predicted molar refractivity (Wildman–Crippen MR) is 112 cm³/mol. The molecule has 1 fully saturated rings. The maximum absolute atomic E-state index is 13.0. The number of aromatic nitrogens is 1. The minimum Gasteiger partial charge on any atom is -0.440 e. The molecule has 0 aliphatic carbocycles. The van der Waals surface area contributed by atoms with Crippen LogP contribution in [-0.2, 0) is 16.6 Å². The summed E-state index contributed by atoms with van der Waals surface area (Å²) in [5, 5.41) is 2.00. The Kier molecular flexibility index (Phi) is 5.45. The molecular formula is C19H23N3O3S3. The zero-order valence-corrected chi connectivity index (χ0v) is 18.6. The van der Waals surface area contributed by atoms with Crippen molar-refractivity contribution in [3.8, 4) is 10.8 Å². The van der Waals surface area contributed by atoms with E-state index >= 15 is 0 Å². The van der Waals surface area contributed by atoms with Crippen LogP contribution in [0.5, 0.6) is 0 Å². The van der Waals surface area contributed by atoms with E-state index in [2.05, 4.69) is 9.88 Å². The standard InChI is InChI=1S/C19H23N3O3S3/c1-13-11-18(15(3)27-13)28(23,24)22-8-6-21(7-9-22)12-16-14(2)25-19(20-16)17-5-4-10-26-17/h4-5,10-11H,6-9,12H2,1-3H3. The Morgan fingerprint density at radius 3 is 2.54 bits per heavy atom. The van der Waals surface area contributed by atoms with Crippen LogP contribution in [0.3, 0.4) is 0 Å². The fourth-order valence-corrected chi connectivity index (χ4v) is 7.02. The van der Waals surface area contributed by atoms with Crippen molar-refractivity contribution in [1.82, 2.24) is 14.2 Å². The first-order valence-electron chi connectivity index (χ1n) is 9.14. The number of aryl methyl sites for hydroxylation is 3. The highest BCUT2D eigenvalue weighted by molar-refractivity contribution is 7.89. The third-order valence-electron chi connectivity index (χ3n) is 4.94. The highest BCUT2D eigenvalue weighted by Crippen LogP contribution is 2.29. The van der Waals surface area contributed by atoms with Crippen molar-refractivity contribution in [2.24, 2.45) is 0 Å². The third-order valence-corrected chi connectivity index (χ3v) is 8.92. The first kappa shape index (κ1) is 19.8. The largest absolute Gasteiger partial charge is 0.440 e. The first-order valence-corrected chi connectivity index (χ1v) is 12.3. The lowest BCUT2D eigenvalue weighted by molar-refractivity contribution is 0.179. The minimum absolute atomic E-state index is 0.455. The van der Waals surface area contributed by atoms with E-state index in [1.165, 1.54) is 11.3 Å². The maximum Gasteiger partial charge on any atom is 0.244 e.